The predicted octanol–water partition coefficient (Wildman–Crippen LogP) is 1.84. The van der Waals surface area contributed by atoms with Gasteiger partial charge >= 0.3 is 0 Å². The number of amides is 1. The molecule has 4 nitrogen and oxygen atoms in total. The zero-order valence-corrected chi connectivity index (χ0v) is 12.7. The highest BCUT2D eigenvalue weighted by atomic mass is 35.5. The van der Waals surface area contributed by atoms with Crippen LogP contribution >= 0.6 is 12.4 Å². The van der Waals surface area contributed by atoms with Crippen LogP contribution in [0.4, 0.5) is 0 Å². The molecule has 1 amide bonds. The molecule has 0 aliphatic carbocycles. The van der Waals surface area contributed by atoms with E-state index in [1.807, 2.05) is 12.1 Å². The third-order valence-electron chi connectivity index (χ3n) is 3.34. The molecule has 0 fully saturated rings. The van der Waals surface area contributed by atoms with Crippen LogP contribution in [0.25, 0.3) is 0 Å². The average molecular weight is 299 g/mol. The van der Waals surface area contributed by atoms with Gasteiger partial charge in [-0.05, 0) is 24.1 Å². The van der Waals surface area contributed by atoms with Crippen LogP contribution in [0.1, 0.15) is 30.6 Å². The van der Waals surface area contributed by atoms with E-state index in [1.54, 1.807) is 0 Å². The van der Waals surface area contributed by atoms with E-state index < -0.39 is 0 Å². The van der Waals surface area contributed by atoms with Crippen LogP contribution < -0.4 is 10.6 Å². The van der Waals surface area contributed by atoms with E-state index in [0.29, 0.717) is 19.6 Å². The summed E-state index contributed by atoms with van der Waals surface area (Å²) < 4.78 is 5.73. The van der Waals surface area contributed by atoms with Crippen molar-refractivity contribution in [3.05, 3.63) is 35.4 Å². The summed E-state index contributed by atoms with van der Waals surface area (Å²) in [5.74, 6) is 0.0552. The summed E-state index contributed by atoms with van der Waals surface area (Å²) in [6.45, 7) is 5.15. The van der Waals surface area contributed by atoms with Crippen molar-refractivity contribution in [2.45, 2.75) is 25.9 Å². The second-order valence-corrected chi connectivity index (χ2v) is 4.72. The number of ether oxygens (including phenoxy) is 1. The molecule has 112 valence electrons. The number of likely N-dealkylation sites (N-methyl/N-ethyl adjacent to an activating group) is 1. The lowest BCUT2D eigenvalue weighted by molar-refractivity contribution is -0.124. The first kappa shape index (κ1) is 17.0. The van der Waals surface area contributed by atoms with Gasteiger partial charge in [0, 0.05) is 13.1 Å². The normalized spacial score (nSPS) is 16.9. The SMILES string of the molecule is CCNCCNC(=O)CC1OCCc2ccccc21.Cl. The highest BCUT2D eigenvalue weighted by Crippen LogP contribution is 2.29. The Kier molecular flexibility index (Phi) is 7.59. The quantitative estimate of drug-likeness (QED) is 0.788. The largest absolute Gasteiger partial charge is 0.373 e. The molecule has 1 aromatic carbocycles. The first-order chi connectivity index (χ1) is 9.31. The Balaban J connectivity index is 0.00000200. The molecule has 1 heterocycles. The molecule has 0 spiro atoms. The third kappa shape index (κ3) is 4.78. The van der Waals surface area contributed by atoms with Crippen LogP contribution in [0, 0.1) is 0 Å². The summed E-state index contributed by atoms with van der Waals surface area (Å²) in [5.41, 5.74) is 2.47. The Labute approximate surface area is 126 Å². The number of halogens is 1. The summed E-state index contributed by atoms with van der Waals surface area (Å²) in [6, 6.07) is 8.22. The molecule has 0 saturated heterocycles. The fourth-order valence-electron chi connectivity index (χ4n) is 2.35. The summed E-state index contributed by atoms with van der Waals surface area (Å²) >= 11 is 0. The number of fused-ring (bicyclic) bond motifs is 1. The second kappa shape index (κ2) is 8.95. The molecule has 20 heavy (non-hydrogen) atoms. The fourth-order valence-corrected chi connectivity index (χ4v) is 2.35. The van der Waals surface area contributed by atoms with Crippen LogP contribution in [-0.2, 0) is 16.0 Å². The van der Waals surface area contributed by atoms with Crippen molar-refractivity contribution < 1.29 is 9.53 Å². The minimum Gasteiger partial charge on any atom is -0.373 e. The molecule has 2 N–H and O–H groups in total. The van der Waals surface area contributed by atoms with Crippen molar-refractivity contribution in [3.8, 4) is 0 Å². The monoisotopic (exact) mass is 298 g/mol. The van der Waals surface area contributed by atoms with Crippen LogP contribution in [0.15, 0.2) is 24.3 Å². The predicted molar refractivity (Wildman–Crippen MR) is 82.3 cm³/mol. The standard InChI is InChI=1S/C15H22N2O2.ClH/c1-2-16-8-9-17-15(18)11-14-13-6-4-3-5-12(13)7-10-19-14;/h3-6,14,16H,2,7-11H2,1H3,(H,17,18);1H. The van der Waals surface area contributed by atoms with E-state index in [9.17, 15) is 4.79 Å². The summed E-state index contributed by atoms with van der Waals surface area (Å²) in [4.78, 5) is 11.9. The number of carbonyl (C=O) groups excluding carboxylic acids is 1. The first-order valence-electron chi connectivity index (χ1n) is 6.98. The van der Waals surface area contributed by atoms with Gasteiger partial charge in [-0.15, -0.1) is 12.4 Å². The topological polar surface area (TPSA) is 50.4 Å². The van der Waals surface area contributed by atoms with Gasteiger partial charge in [0.15, 0.2) is 0 Å². The summed E-state index contributed by atoms with van der Waals surface area (Å²) in [6.07, 6.45) is 1.25. The second-order valence-electron chi connectivity index (χ2n) is 4.72. The molecule has 1 aliphatic rings. The molecular weight excluding hydrogens is 276 g/mol. The molecule has 1 aromatic rings. The molecule has 1 aliphatic heterocycles. The molecule has 1 atom stereocenters. The Morgan fingerprint density at radius 3 is 2.95 bits per heavy atom. The molecular formula is C15H23ClN2O2. The molecule has 0 aromatic heterocycles. The van der Waals surface area contributed by atoms with Crippen molar-refractivity contribution in [1.29, 1.82) is 0 Å². The Hall–Kier alpha value is -1.10. The zero-order chi connectivity index (χ0) is 13.5. The highest BCUT2D eigenvalue weighted by Gasteiger charge is 2.22. The minimum absolute atomic E-state index is 0. The molecule has 0 radical (unpaired) electrons. The van der Waals surface area contributed by atoms with Gasteiger partial charge in [0.05, 0.1) is 19.1 Å². The number of carbonyl (C=O) groups is 1. The number of nitrogens with one attached hydrogen (secondary N) is 2. The number of hydrogen-bond donors (Lipinski definition) is 2. The molecule has 2 rings (SSSR count). The van der Waals surface area contributed by atoms with Crippen LogP contribution in [0.3, 0.4) is 0 Å². The zero-order valence-electron chi connectivity index (χ0n) is 11.9. The Morgan fingerprint density at radius 1 is 1.35 bits per heavy atom. The number of rotatable bonds is 6. The fraction of sp³-hybridized carbons (Fsp3) is 0.533. The van der Waals surface area contributed by atoms with Gasteiger partial charge in [0.2, 0.25) is 5.91 Å². The molecule has 0 bridgehead atoms. The van der Waals surface area contributed by atoms with Crippen LogP contribution in [0.2, 0.25) is 0 Å². The summed E-state index contributed by atoms with van der Waals surface area (Å²) in [5, 5.41) is 6.09. The van der Waals surface area contributed by atoms with Gasteiger partial charge < -0.3 is 15.4 Å². The van der Waals surface area contributed by atoms with E-state index in [-0.39, 0.29) is 24.4 Å². The molecule has 0 saturated carbocycles. The van der Waals surface area contributed by atoms with Gasteiger partial charge in [0.1, 0.15) is 0 Å². The molecule has 5 heteroatoms. The van der Waals surface area contributed by atoms with Crippen molar-refractivity contribution in [1.82, 2.24) is 10.6 Å². The first-order valence-corrected chi connectivity index (χ1v) is 6.98. The average Bonchev–Trinajstić information content (AvgIpc) is 2.44. The van der Waals surface area contributed by atoms with Crippen LogP contribution in [-0.4, -0.2) is 32.1 Å². The van der Waals surface area contributed by atoms with E-state index in [1.165, 1.54) is 5.56 Å². The van der Waals surface area contributed by atoms with Crippen molar-refractivity contribution in [2.75, 3.05) is 26.2 Å². The maximum Gasteiger partial charge on any atom is 0.223 e. The van der Waals surface area contributed by atoms with Crippen LogP contribution in [0.5, 0.6) is 0 Å². The van der Waals surface area contributed by atoms with Crippen molar-refractivity contribution >= 4 is 18.3 Å². The molecule has 1 unspecified atom stereocenters. The van der Waals surface area contributed by atoms with Crippen molar-refractivity contribution in [2.24, 2.45) is 0 Å². The summed E-state index contributed by atoms with van der Waals surface area (Å²) in [7, 11) is 0. The lowest BCUT2D eigenvalue weighted by atomic mass is 9.96. The van der Waals surface area contributed by atoms with Crippen molar-refractivity contribution in [3.63, 3.8) is 0 Å². The van der Waals surface area contributed by atoms with E-state index >= 15 is 0 Å². The lowest BCUT2D eigenvalue weighted by Gasteiger charge is -2.25. The van der Waals surface area contributed by atoms with E-state index in [0.717, 1.165) is 25.1 Å². The number of hydrogen-bond acceptors (Lipinski definition) is 3. The van der Waals surface area contributed by atoms with Gasteiger partial charge in [-0.3, -0.25) is 4.79 Å². The van der Waals surface area contributed by atoms with E-state index in [2.05, 4.69) is 29.7 Å². The maximum atomic E-state index is 11.9. The van der Waals surface area contributed by atoms with Gasteiger partial charge in [0.25, 0.3) is 0 Å². The minimum atomic E-state index is -0.0934. The smallest absolute Gasteiger partial charge is 0.223 e. The van der Waals surface area contributed by atoms with Gasteiger partial charge in [-0.25, -0.2) is 0 Å². The lowest BCUT2D eigenvalue weighted by Crippen LogP contribution is -2.33. The highest BCUT2D eigenvalue weighted by molar-refractivity contribution is 5.85. The Morgan fingerprint density at radius 2 is 2.15 bits per heavy atom. The third-order valence-corrected chi connectivity index (χ3v) is 3.34. The Bertz CT molecular complexity index is 426. The number of benzene rings is 1. The van der Waals surface area contributed by atoms with E-state index in [4.69, 9.17) is 4.74 Å². The van der Waals surface area contributed by atoms with Gasteiger partial charge in [-0.1, -0.05) is 31.2 Å². The maximum absolute atomic E-state index is 11.9. The van der Waals surface area contributed by atoms with Gasteiger partial charge in [-0.2, -0.15) is 0 Å².